The van der Waals surface area contributed by atoms with Crippen molar-refractivity contribution < 1.29 is 0 Å². The van der Waals surface area contributed by atoms with Gasteiger partial charge in [0.1, 0.15) is 5.82 Å². The smallest absolute Gasteiger partial charge is 0.129 e. The van der Waals surface area contributed by atoms with Crippen LogP contribution in [-0.4, -0.2) is 35.6 Å². The minimum atomic E-state index is 0.588. The number of nitrogens with one attached hydrogen (secondary N) is 1. The summed E-state index contributed by atoms with van der Waals surface area (Å²) in [5.74, 6) is 3.61. The molecule has 1 N–H and O–H groups in total. The minimum Gasteiger partial charge on any atom is -0.352 e. The topological polar surface area (TPSA) is 28.2 Å². The highest BCUT2D eigenvalue weighted by molar-refractivity contribution is 7.99. The molecule has 1 aliphatic heterocycles. The average Bonchev–Trinajstić information content (AvgIpc) is 2.48. The summed E-state index contributed by atoms with van der Waals surface area (Å²) in [6.07, 6.45) is 3.41. The lowest BCUT2D eigenvalue weighted by atomic mass is 10.1. The minimum absolute atomic E-state index is 0.588. The maximum atomic E-state index is 4.91. The van der Waals surface area contributed by atoms with Crippen LogP contribution in [0.5, 0.6) is 0 Å². The maximum absolute atomic E-state index is 4.91. The van der Waals surface area contributed by atoms with E-state index in [0.29, 0.717) is 6.04 Å². The van der Waals surface area contributed by atoms with Crippen LogP contribution in [0.2, 0.25) is 0 Å². The lowest BCUT2D eigenvalue weighted by Gasteiger charge is -2.34. The number of anilines is 1. The highest BCUT2D eigenvalue weighted by atomic mass is 32.2. The second kappa shape index (κ2) is 8.64. The van der Waals surface area contributed by atoms with Crippen LogP contribution in [-0.2, 0) is 13.0 Å². The van der Waals surface area contributed by atoms with Crippen molar-refractivity contribution in [2.75, 3.05) is 29.5 Å². The van der Waals surface area contributed by atoms with Crippen molar-refractivity contribution in [3.05, 3.63) is 23.4 Å². The van der Waals surface area contributed by atoms with Crippen LogP contribution in [0, 0.1) is 0 Å². The first-order chi connectivity index (χ1) is 10.2. The van der Waals surface area contributed by atoms with Gasteiger partial charge in [0.25, 0.3) is 0 Å². The summed E-state index contributed by atoms with van der Waals surface area (Å²) >= 11 is 2.06. The van der Waals surface area contributed by atoms with Gasteiger partial charge >= 0.3 is 0 Å². The van der Waals surface area contributed by atoms with Crippen molar-refractivity contribution in [1.82, 2.24) is 10.3 Å². The van der Waals surface area contributed by atoms with Crippen LogP contribution < -0.4 is 10.2 Å². The number of pyridine rings is 1. The predicted molar refractivity (Wildman–Crippen MR) is 94.4 cm³/mol. The molecule has 1 aliphatic rings. The number of thioether (sulfide) groups is 1. The molecular formula is C17H29N3S. The fourth-order valence-corrected chi connectivity index (χ4v) is 3.76. The molecule has 0 radical (unpaired) electrons. The third kappa shape index (κ3) is 4.89. The molecule has 0 aliphatic carbocycles. The summed E-state index contributed by atoms with van der Waals surface area (Å²) in [7, 11) is 0. The van der Waals surface area contributed by atoms with Gasteiger partial charge in [-0.05, 0) is 44.0 Å². The lowest BCUT2D eigenvalue weighted by Crippen LogP contribution is -2.41. The third-order valence-corrected chi connectivity index (χ3v) is 5.04. The van der Waals surface area contributed by atoms with Crippen LogP contribution in [0.15, 0.2) is 12.1 Å². The largest absolute Gasteiger partial charge is 0.352 e. The number of hydrogen-bond acceptors (Lipinski definition) is 4. The molecule has 3 nitrogen and oxygen atoms in total. The Morgan fingerprint density at radius 3 is 2.90 bits per heavy atom. The first-order valence-electron chi connectivity index (χ1n) is 8.29. The van der Waals surface area contributed by atoms with E-state index in [1.54, 1.807) is 0 Å². The predicted octanol–water partition coefficient (Wildman–Crippen LogP) is 3.48. The molecule has 4 heteroatoms. The molecule has 118 valence electrons. The van der Waals surface area contributed by atoms with E-state index in [-0.39, 0.29) is 0 Å². The molecule has 1 atom stereocenters. The van der Waals surface area contributed by atoms with Crippen LogP contribution in [0.25, 0.3) is 0 Å². The molecular weight excluding hydrogens is 278 g/mol. The summed E-state index contributed by atoms with van der Waals surface area (Å²) in [5, 5.41) is 3.51. The molecule has 1 fully saturated rings. The average molecular weight is 308 g/mol. The van der Waals surface area contributed by atoms with Crippen molar-refractivity contribution in [2.24, 2.45) is 0 Å². The molecule has 0 aromatic carbocycles. The van der Waals surface area contributed by atoms with Gasteiger partial charge in [0.15, 0.2) is 0 Å². The summed E-state index contributed by atoms with van der Waals surface area (Å²) < 4.78 is 0. The maximum Gasteiger partial charge on any atom is 0.129 e. The van der Waals surface area contributed by atoms with E-state index in [0.717, 1.165) is 32.5 Å². The van der Waals surface area contributed by atoms with Crippen LogP contribution in [0.4, 0.5) is 5.82 Å². The van der Waals surface area contributed by atoms with Crippen molar-refractivity contribution in [2.45, 2.75) is 52.6 Å². The van der Waals surface area contributed by atoms with E-state index < -0.39 is 0 Å². The van der Waals surface area contributed by atoms with Crippen molar-refractivity contribution in [1.29, 1.82) is 0 Å². The van der Waals surface area contributed by atoms with Gasteiger partial charge in [-0.25, -0.2) is 4.98 Å². The summed E-state index contributed by atoms with van der Waals surface area (Å²) in [6, 6.07) is 5.15. The summed E-state index contributed by atoms with van der Waals surface area (Å²) in [6.45, 7) is 9.91. The van der Waals surface area contributed by atoms with E-state index in [1.807, 2.05) is 0 Å². The molecule has 21 heavy (non-hydrogen) atoms. The monoisotopic (exact) mass is 307 g/mol. The van der Waals surface area contributed by atoms with Crippen LogP contribution in [0.3, 0.4) is 0 Å². The van der Waals surface area contributed by atoms with Crippen LogP contribution in [0.1, 0.15) is 44.9 Å². The van der Waals surface area contributed by atoms with Gasteiger partial charge in [-0.1, -0.05) is 20.3 Å². The Labute approximate surface area is 133 Å². The standard InChI is InChI=1S/C17H29N3S/c1-4-6-16-10-15(12-18-7-5-2)11-17(19-16)20-8-9-21-13-14(20)3/h10-11,14,18H,4-9,12-13H2,1-3H3. The van der Waals surface area contributed by atoms with Gasteiger partial charge in [-0.2, -0.15) is 11.8 Å². The molecule has 1 unspecified atom stereocenters. The Morgan fingerprint density at radius 2 is 2.19 bits per heavy atom. The fourth-order valence-electron chi connectivity index (χ4n) is 2.74. The molecule has 2 rings (SSSR count). The van der Waals surface area contributed by atoms with Crippen LogP contribution >= 0.6 is 11.8 Å². The molecule has 1 aromatic heterocycles. The Kier molecular flexibility index (Phi) is 6.84. The highest BCUT2D eigenvalue weighted by Crippen LogP contribution is 2.24. The normalized spacial score (nSPS) is 19.0. The molecule has 2 heterocycles. The molecule has 1 saturated heterocycles. The first kappa shape index (κ1) is 16.6. The van der Waals surface area contributed by atoms with E-state index in [9.17, 15) is 0 Å². The molecule has 0 saturated carbocycles. The van der Waals surface area contributed by atoms with E-state index >= 15 is 0 Å². The molecule has 0 bridgehead atoms. The second-order valence-electron chi connectivity index (χ2n) is 5.87. The van der Waals surface area contributed by atoms with Gasteiger partial charge in [-0.15, -0.1) is 0 Å². The van der Waals surface area contributed by atoms with Gasteiger partial charge in [-0.3, -0.25) is 0 Å². The SMILES string of the molecule is CCCNCc1cc(CCC)nc(N2CCSCC2C)c1. The Hall–Kier alpha value is -0.740. The zero-order chi connectivity index (χ0) is 15.1. The van der Waals surface area contributed by atoms with Gasteiger partial charge < -0.3 is 10.2 Å². The lowest BCUT2D eigenvalue weighted by molar-refractivity contribution is 0.665. The fraction of sp³-hybridized carbons (Fsp3) is 0.706. The Bertz CT molecular complexity index is 436. The zero-order valence-electron chi connectivity index (χ0n) is 13.7. The number of rotatable bonds is 7. The second-order valence-corrected chi connectivity index (χ2v) is 7.02. The molecule has 1 aromatic rings. The number of hydrogen-bond donors (Lipinski definition) is 1. The highest BCUT2D eigenvalue weighted by Gasteiger charge is 2.20. The van der Waals surface area contributed by atoms with E-state index in [4.69, 9.17) is 4.98 Å². The quantitative estimate of drug-likeness (QED) is 0.781. The van der Waals surface area contributed by atoms with Gasteiger partial charge in [0, 0.05) is 36.3 Å². The van der Waals surface area contributed by atoms with Gasteiger partial charge in [0.05, 0.1) is 0 Å². The number of aromatic nitrogens is 1. The van der Waals surface area contributed by atoms with Gasteiger partial charge in [0.2, 0.25) is 0 Å². The summed E-state index contributed by atoms with van der Waals surface area (Å²) in [4.78, 5) is 7.40. The van der Waals surface area contributed by atoms with E-state index in [1.165, 1.54) is 35.0 Å². The number of aryl methyl sites for hydroxylation is 1. The molecule has 0 spiro atoms. The van der Waals surface area contributed by atoms with Crippen molar-refractivity contribution in [3.8, 4) is 0 Å². The van der Waals surface area contributed by atoms with Crippen molar-refractivity contribution in [3.63, 3.8) is 0 Å². The molecule has 0 amide bonds. The third-order valence-electron chi connectivity index (χ3n) is 3.85. The Morgan fingerprint density at radius 1 is 1.33 bits per heavy atom. The zero-order valence-corrected chi connectivity index (χ0v) is 14.5. The number of nitrogens with zero attached hydrogens (tertiary/aromatic N) is 2. The first-order valence-corrected chi connectivity index (χ1v) is 9.45. The Balaban J connectivity index is 2.17. The van der Waals surface area contributed by atoms with Crippen molar-refractivity contribution >= 4 is 17.6 Å². The summed E-state index contributed by atoms with van der Waals surface area (Å²) in [5.41, 5.74) is 2.62. The van der Waals surface area contributed by atoms with E-state index in [2.05, 4.69) is 54.9 Å².